The van der Waals surface area contributed by atoms with Crippen molar-refractivity contribution in [3.63, 3.8) is 0 Å². The second kappa shape index (κ2) is 9.69. The van der Waals surface area contributed by atoms with Gasteiger partial charge < -0.3 is 4.90 Å². The van der Waals surface area contributed by atoms with Gasteiger partial charge in [0.25, 0.3) is 0 Å². The first kappa shape index (κ1) is 22.2. The van der Waals surface area contributed by atoms with Crippen LogP contribution in [0.25, 0.3) is 34.0 Å². The first-order valence-electron chi connectivity index (χ1n) is 12.3. The third-order valence-corrected chi connectivity index (χ3v) is 6.79. The minimum absolute atomic E-state index is 1.05. The van der Waals surface area contributed by atoms with Gasteiger partial charge in [-0.15, -0.1) is 0 Å². The average Bonchev–Trinajstić information content (AvgIpc) is 2.89. The number of hydrogen-bond acceptors (Lipinski definition) is 2. The lowest BCUT2D eigenvalue weighted by atomic mass is 9.84. The van der Waals surface area contributed by atoms with Crippen LogP contribution in [0.4, 0.5) is 5.69 Å². The largest absolute Gasteiger partial charge is 0.378 e. The molecule has 0 N–H and O–H groups in total. The SMILES string of the molecule is CCc1ccc(-c2cc(-c3ccccc3)c3c(n2)/C(=C/c2ccc(N(C)C)cc2)CCC3)cc1. The Hall–Kier alpha value is -3.65. The Balaban J connectivity index is 1.65. The molecule has 1 heterocycles. The predicted molar refractivity (Wildman–Crippen MR) is 146 cm³/mol. The molecule has 0 saturated carbocycles. The molecule has 2 heteroatoms. The highest BCUT2D eigenvalue weighted by Gasteiger charge is 2.21. The fourth-order valence-corrected chi connectivity index (χ4v) is 4.81. The minimum Gasteiger partial charge on any atom is -0.378 e. The molecule has 34 heavy (non-hydrogen) atoms. The summed E-state index contributed by atoms with van der Waals surface area (Å²) in [6.45, 7) is 2.20. The molecule has 0 atom stereocenters. The second-order valence-electron chi connectivity index (χ2n) is 9.31. The number of aromatic nitrogens is 1. The standard InChI is InChI=1S/C32H32N2/c1-4-23-13-17-26(18-14-23)31-22-30(25-9-6-5-7-10-25)29-12-8-11-27(32(29)33-31)21-24-15-19-28(20-16-24)34(2)3/h5-7,9-10,13-22H,4,8,11-12H2,1-3H3/b27-21+. The summed E-state index contributed by atoms with van der Waals surface area (Å²) in [4.78, 5) is 7.41. The number of pyridine rings is 1. The van der Waals surface area contributed by atoms with Crippen LogP contribution in [0.15, 0.2) is 84.9 Å². The van der Waals surface area contributed by atoms with Gasteiger partial charge in [-0.3, -0.25) is 0 Å². The smallest absolute Gasteiger partial charge is 0.0715 e. The van der Waals surface area contributed by atoms with Crippen molar-refractivity contribution in [1.29, 1.82) is 0 Å². The highest BCUT2D eigenvalue weighted by atomic mass is 15.1. The van der Waals surface area contributed by atoms with E-state index in [1.54, 1.807) is 0 Å². The van der Waals surface area contributed by atoms with Gasteiger partial charge >= 0.3 is 0 Å². The number of rotatable bonds is 5. The van der Waals surface area contributed by atoms with Crippen LogP contribution in [0.2, 0.25) is 0 Å². The molecule has 1 aliphatic rings. The highest BCUT2D eigenvalue weighted by molar-refractivity contribution is 5.87. The van der Waals surface area contributed by atoms with Gasteiger partial charge in [0.2, 0.25) is 0 Å². The molecule has 0 radical (unpaired) electrons. The normalized spacial score (nSPS) is 14.1. The quantitative estimate of drug-likeness (QED) is 0.311. The lowest BCUT2D eigenvalue weighted by Crippen LogP contribution is -2.08. The Morgan fingerprint density at radius 1 is 0.824 bits per heavy atom. The molecule has 4 aromatic rings. The van der Waals surface area contributed by atoms with Gasteiger partial charge in [0.1, 0.15) is 0 Å². The van der Waals surface area contributed by atoms with E-state index in [1.807, 2.05) is 0 Å². The molecule has 1 aromatic heterocycles. The van der Waals surface area contributed by atoms with Crippen molar-refractivity contribution in [2.75, 3.05) is 19.0 Å². The summed E-state index contributed by atoms with van der Waals surface area (Å²) in [7, 11) is 4.16. The van der Waals surface area contributed by atoms with E-state index in [1.165, 1.54) is 50.3 Å². The Labute approximate surface area is 203 Å². The number of benzene rings is 3. The van der Waals surface area contributed by atoms with E-state index >= 15 is 0 Å². The molecule has 0 bridgehead atoms. The van der Waals surface area contributed by atoms with Crippen molar-refractivity contribution in [2.45, 2.75) is 32.6 Å². The second-order valence-corrected chi connectivity index (χ2v) is 9.31. The van der Waals surface area contributed by atoms with Crippen molar-refractivity contribution in [3.05, 3.63) is 107 Å². The van der Waals surface area contributed by atoms with Crippen molar-refractivity contribution in [3.8, 4) is 22.4 Å². The summed E-state index contributed by atoms with van der Waals surface area (Å²) >= 11 is 0. The van der Waals surface area contributed by atoms with Crippen LogP contribution in [-0.2, 0) is 12.8 Å². The number of hydrogen-bond donors (Lipinski definition) is 0. The van der Waals surface area contributed by atoms with Gasteiger partial charge in [0.15, 0.2) is 0 Å². The Morgan fingerprint density at radius 2 is 1.56 bits per heavy atom. The van der Waals surface area contributed by atoms with Crippen molar-refractivity contribution in [2.24, 2.45) is 0 Å². The van der Waals surface area contributed by atoms with E-state index in [-0.39, 0.29) is 0 Å². The van der Waals surface area contributed by atoms with Crippen LogP contribution in [0.5, 0.6) is 0 Å². The lowest BCUT2D eigenvalue weighted by Gasteiger charge is -2.23. The summed E-state index contributed by atoms with van der Waals surface area (Å²) in [5, 5.41) is 0. The summed E-state index contributed by atoms with van der Waals surface area (Å²) in [6.07, 6.45) is 6.66. The number of fused-ring (bicyclic) bond motifs is 1. The summed E-state index contributed by atoms with van der Waals surface area (Å²) in [5.74, 6) is 0. The number of aryl methyl sites for hydroxylation is 1. The third-order valence-electron chi connectivity index (χ3n) is 6.79. The molecule has 0 saturated heterocycles. The number of allylic oxidation sites excluding steroid dienone is 1. The van der Waals surface area contributed by atoms with E-state index in [0.717, 1.165) is 31.4 Å². The van der Waals surface area contributed by atoms with Crippen LogP contribution in [0.1, 0.15) is 42.1 Å². The van der Waals surface area contributed by atoms with Crippen molar-refractivity contribution < 1.29 is 0 Å². The fourth-order valence-electron chi connectivity index (χ4n) is 4.81. The van der Waals surface area contributed by atoms with Crippen LogP contribution in [0, 0.1) is 0 Å². The third kappa shape index (κ3) is 4.54. The van der Waals surface area contributed by atoms with Crippen LogP contribution in [-0.4, -0.2) is 19.1 Å². The lowest BCUT2D eigenvalue weighted by molar-refractivity contribution is 0.813. The number of nitrogens with zero attached hydrogens (tertiary/aromatic N) is 2. The van der Waals surface area contributed by atoms with Gasteiger partial charge in [-0.1, -0.05) is 73.7 Å². The van der Waals surface area contributed by atoms with E-state index in [0.29, 0.717) is 0 Å². The molecule has 0 fully saturated rings. The molecule has 0 unspecified atom stereocenters. The molecule has 170 valence electrons. The van der Waals surface area contributed by atoms with Crippen molar-refractivity contribution >= 4 is 17.3 Å². The monoisotopic (exact) mass is 444 g/mol. The number of anilines is 1. The predicted octanol–water partition coefficient (Wildman–Crippen LogP) is 7.92. The summed E-state index contributed by atoms with van der Waals surface area (Å²) in [6, 6.07) is 30.8. The van der Waals surface area contributed by atoms with E-state index in [2.05, 4.69) is 117 Å². The molecule has 0 amide bonds. The fraction of sp³-hybridized carbons (Fsp3) is 0.219. The molecular formula is C32H32N2. The summed E-state index contributed by atoms with van der Waals surface area (Å²) < 4.78 is 0. The first-order chi connectivity index (χ1) is 16.6. The van der Waals surface area contributed by atoms with Crippen LogP contribution >= 0.6 is 0 Å². The first-order valence-corrected chi connectivity index (χ1v) is 12.3. The van der Waals surface area contributed by atoms with Gasteiger partial charge in [-0.2, -0.15) is 0 Å². The average molecular weight is 445 g/mol. The maximum atomic E-state index is 5.27. The maximum absolute atomic E-state index is 5.27. The van der Waals surface area contributed by atoms with Crippen LogP contribution < -0.4 is 4.90 Å². The van der Waals surface area contributed by atoms with Crippen molar-refractivity contribution in [1.82, 2.24) is 4.98 Å². The molecule has 5 rings (SSSR count). The van der Waals surface area contributed by atoms with E-state index in [9.17, 15) is 0 Å². The van der Waals surface area contributed by atoms with Gasteiger partial charge in [-0.25, -0.2) is 4.98 Å². The topological polar surface area (TPSA) is 16.1 Å². The zero-order valence-electron chi connectivity index (χ0n) is 20.4. The summed E-state index contributed by atoms with van der Waals surface area (Å²) in [5.41, 5.74) is 12.5. The van der Waals surface area contributed by atoms with Crippen LogP contribution in [0.3, 0.4) is 0 Å². The Morgan fingerprint density at radius 3 is 2.24 bits per heavy atom. The molecule has 3 aromatic carbocycles. The van der Waals surface area contributed by atoms with Gasteiger partial charge in [0.05, 0.1) is 11.4 Å². The molecule has 0 aliphatic heterocycles. The maximum Gasteiger partial charge on any atom is 0.0715 e. The molecule has 1 aliphatic carbocycles. The highest BCUT2D eigenvalue weighted by Crippen LogP contribution is 2.39. The molecule has 2 nitrogen and oxygen atoms in total. The van der Waals surface area contributed by atoms with E-state index in [4.69, 9.17) is 4.98 Å². The van der Waals surface area contributed by atoms with Gasteiger partial charge in [-0.05, 0) is 83.3 Å². The van der Waals surface area contributed by atoms with E-state index < -0.39 is 0 Å². The zero-order valence-corrected chi connectivity index (χ0v) is 20.4. The molecular weight excluding hydrogens is 412 g/mol. The minimum atomic E-state index is 1.05. The Kier molecular flexibility index (Phi) is 6.31. The molecule has 0 spiro atoms. The van der Waals surface area contributed by atoms with Gasteiger partial charge in [0, 0.05) is 25.3 Å². The Bertz CT molecular complexity index is 1300. The zero-order chi connectivity index (χ0) is 23.5.